The molecule has 0 spiro atoms. The fourth-order valence-corrected chi connectivity index (χ4v) is 4.90. The van der Waals surface area contributed by atoms with E-state index in [9.17, 15) is 23.5 Å². The Kier molecular flexibility index (Phi) is 7.56. The summed E-state index contributed by atoms with van der Waals surface area (Å²) in [5, 5.41) is 12.0. The summed E-state index contributed by atoms with van der Waals surface area (Å²) in [4.78, 5) is 30.3. The van der Waals surface area contributed by atoms with Crippen LogP contribution in [0.3, 0.4) is 0 Å². The van der Waals surface area contributed by atoms with Gasteiger partial charge in [0.05, 0.1) is 6.54 Å². The quantitative estimate of drug-likeness (QED) is 0.582. The molecule has 1 aliphatic carbocycles. The van der Waals surface area contributed by atoms with Crippen molar-refractivity contribution in [3.63, 3.8) is 0 Å². The van der Waals surface area contributed by atoms with Crippen LogP contribution in [0.4, 0.5) is 8.78 Å². The third-order valence-corrected chi connectivity index (χ3v) is 6.87. The second kappa shape index (κ2) is 10.6. The van der Waals surface area contributed by atoms with Crippen molar-refractivity contribution in [3.8, 4) is 0 Å². The van der Waals surface area contributed by atoms with Gasteiger partial charge in [-0.25, -0.2) is 13.6 Å². The van der Waals surface area contributed by atoms with Gasteiger partial charge < -0.3 is 10.4 Å². The second-order valence-corrected chi connectivity index (χ2v) is 9.37. The highest BCUT2D eigenvalue weighted by atomic mass is 19.3. The number of carbonyl (C=O) groups is 2. The Hall–Kier alpha value is -2.87. The molecule has 1 aromatic carbocycles. The van der Waals surface area contributed by atoms with E-state index in [2.05, 4.69) is 11.4 Å². The smallest absolute Gasteiger partial charge is 0.326 e. The van der Waals surface area contributed by atoms with Gasteiger partial charge in [-0.1, -0.05) is 24.3 Å². The normalized spacial score (nSPS) is 20.5. The molecule has 2 atom stereocenters. The number of benzene rings is 1. The Morgan fingerprint density at radius 1 is 1.15 bits per heavy atom. The summed E-state index contributed by atoms with van der Waals surface area (Å²) < 4.78 is 29.4. The first kappa shape index (κ1) is 24.3. The van der Waals surface area contributed by atoms with Crippen molar-refractivity contribution in [1.82, 2.24) is 15.2 Å². The van der Waals surface area contributed by atoms with Gasteiger partial charge in [-0.3, -0.25) is 14.7 Å². The van der Waals surface area contributed by atoms with Gasteiger partial charge >= 0.3 is 5.97 Å². The van der Waals surface area contributed by atoms with E-state index >= 15 is 0 Å². The molecular weight excluding hydrogens is 440 g/mol. The number of pyridine rings is 1. The summed E-state index contributed by atoms with van der Waals surface area (Å²) in [5.74, 6) is -5.30. The highest BCUT2D eigenvalue weighted by Gasteiger charge is 2.47. The van der Waals surface area contributed by atoms with Crippen LogP contribution in [-0.4, -0.2) is 58.5 Å². The number of amides is 1. The predicted octanol–water partition coefficient (Wildman–Crippen LogP) is 3.73. The lowest BCUT2D eigenvalue weighted by molar-refractivity contribution is -0.139. The number of aliphatic carboxylic acids is 1. The number of hydrogen-bond acceptors (Lipinski definition) is 4. The van der Waals surface area contributed by atoms with Crippen molar-refractivity contribution in [1.29, 1.82) is 0 Å². The zero-order valence-corrected chi connectivity index (χ0v) is 19.2. The molecule has 1 aliphatic heterocycles. The molecule has 2 N–H and O–H groups in total. The Morgan fingerprint density at radius 2 is 1.91 bits per heavy atom. The first-order valence-corrected chi connectivity index (χ1v) is 12.0. The first-order valence-electron chi connectivity index (χ1n) is 12.0. The Bertz CT molecular complexity index is 1020. The van der Waals surface area contributed by atoms with Crippen LogP contribution in [0.1, 0.15) is 53.0 Å². The van der Waals surface area contributed by atoms with E-state index in [1.807, 2.05) is 6.07 Å². The number of nitrogens with zero attached hydrogens (tertiary/aromatic N) is 2. The van der Waals surface area contributed by atoms with E-state index in [4.69, 9.17) is 4.98 Å². The molecule has 6 nitrogen and oxygen atoms in total. The number of hydrogen-bond donors (Lipinski definition) is 2. The van der Waals surface area contributed by atoms with Gasteiger partial charge in [-0.15, -0.1) is 0 Å². The fourth-order valence-electron chi connectivity index (χ4n) is 4.90. The fraction of sp³-hybridized carbons (Fsp3) is 0.500. The average Bonchev–Trinajstić information content (AvgIpc) is 3.13. The average molecular weight is 472 g/mol. The zero-order chi connectivity index (χ0) is 24.1. The molecule has 0 saturated carbocycles. The highest BCUT2D eigenvalue weighted by molar-refractivity contribution is 5.96. The molecule has 4 rings (SSSR count). The van der Waals surface area contributed by atoms with E-state index in [0.29, 0.717) is 18.4 Å². The molecule has 1 aromatic heterocycles. The molecule has 34 heavy (non-hydrogen) atoms. The third-order valence-electron chi connectivity index (χ3n) is 6.87. The van der Waals surface area contributed by atoms with Gasteiger partial charge in [0, 0.05) is 36.0 Å². The molecule has 2 aliphatic rings. The van der Waals surface area contributed by atoms with Crippen molar-refractivity contribution in [2.75, 3.05) is 19.6 Å². The van der Waals surface area contributed by atoms with Gasteiger partial charge in [-0.2, -0.15) is 0 Å². The summed E-state index contributed by atoms with van der Waals surface area (Å²) in [6.45, 7) is -0.0135. The van der Waals surface area contributed by atoms with Crippen molar-refractivity contribution in [3.05, 3.63) is 65.0 Å². The number of aryl methyl sites for hydroxylation is 3. The van der Waals surface area contributed by atoms with Crippen LogP contribution >= 0.6 is 0 Å². The number of nitrogens with one attached hydrogen (secondary N) is 1. The maximum absolute atomic E-state index is 14.7. The van der Waals surface area contributed by atoms with E-state index < -0.39 is 36.3 Å². The Morgan fingerprint density at radius 3 is 2.68 bits per heavy atom. The molecule has 1 saturated heterocycles. The van der Waals surface area contributed by atoms with Gasteiger partial charge in [0.25, 0.3) is 11.8 Å². The summed E-state index contributed by atoms with van der Waals surface area (Å²) >= 11 is 0. The molecule has 8 heteroatoms. The molecule has 1 fully saturated rings. The number of rotatable bonds is 9. The van der Waals surface area contributed by atoms with Crippen LogP contribution in [0.2, 0.25) is 0 Å². The minimum atomic E-state index is -2.83. The monoisotopic (exact) mass is 471 g/mol. The summed E-state index contributed by atoms with van der Waals surface area (Å²) in [5.41, 5.74) is 3.61. The van der Waals surface area contributed by atoms with Gasteiger partial charge in [0.2, 0.25) is 0 Å². The molecule has 1 unspecified atom stereocenters. The summed E-state index contributed by atoms with van der Waals surface area (Å²) in [6.07, 6.45) is 5.21. The molecule has 2 heterocycles. The minimum Gasteiger partial charge on any atom is -0.480 e. The van der Waals surface area contributed by atoms with Crippen LogP contribution in [-0.2, 0) is 24.1 Å². The van der Waals surface area contributed by atoms with Crippen molar-refractivity contribution < 1.29 is 23.5 Å². The number of alkyl halides is 2. The van der Waals surface area contributed by atoms with E-state index in [1.54, 1.807) is 35.2 Å². The molecule has 0 radical (unpaired) electrons. The van der Waals surface area contributed by atoms with Crippen molar-refractivity contribution in [2.24, 2.45) is 5.92 Å². The highest BCUT2D eigenvalue weighted by Crippen LogP contribution is 2.36. The van der Waals surface area contributed by atoms with E-state index in [0.717, 1.165) is 30.7 Å². The molecular formula is C26H31F2N3O3. The second-order valence-electron chi connectivity index (χ2n) is 9.37. The van der Waals surface area contributed by atoms with E-state index in [1.165, 1.54) is 12.0 Å². The third kappa shape index (κ3) is 5.97. The number of carboxylic acids is 1. The molecule has 0 bridgehead atoms. The first-order chi connectivity index (χ1) is 16.3. The SMILES string of the molecule is O=C(N[C@@H](CCN1CC(CCc2ccc3c(n2)CCCC3)C(F)(F)C1)C(=O)O)c1ccccc1. The maximum Gasteiger partial charge on any atom is 0.326 e. The maximum atomic E-state index is 14.7. The van der Waals surface area contributed by atoms with Gasteiger partial charge in [0.15, 0.2) is 0 Å². The number of likely N-dealkylation sites (tertiary alicyclic amines) is 1. The number of carboxylic acid groups (broad SMARTS) is 1. The Labute approximate surface area is 198 Å². The Balaban J connectivity index is 1.29. The van der Waals surface area contributed by atoms with Crippen LogP contribution in [0.15, 0.2) is 42.5 Å². The number of halogens is 2. The summed E-state index contributed by atoms with van der Waals surface area (Å²) in [7, 11) is 0. The van der Waals surface area contributed by atoms with Gasteiger partial charge in [-0.05, 0) is 68.7 Å². The predicted molar refractivity (Wildman–Crippen MR) is 124 cm³/mol. The number of aromatic nitrogens is 1. The van der Waals surface area contributed by atoms with Gasteiger partial charge in [0.1, 0.15) is 6.04 Å². The minimum absolute atomic E-state index is 0.0586. The van der Waals surface area contributed by atoms with E-state index in [-0.39, 0.29) is 19.5 Å². The molecule has 2 aromatic rings. The lowest BCUT2D eigenvalue weighted by Crippen LogP contribution is -2.43. The molecule has 1 amide bonds. The van der Waals surface area contributed by atoms with Crippen LogP contribution < -0.4 is 5.32 Å². The number of fused-ring (bicyclic) bond motifs is 1. The van der Waals surface area contributed by atoms with Crippen molar-refractivity contribution >= 4 is 11.9 Å². The zero-order valence-electron chi connectivity index (χ0n) is 19.2. The summed E-state index contributed by atoms with van der Waals surface area (Å²) in [6, 6.07) is 11.2. The van der Waals surface area contributed by atoms with Crippen LogP contribution in [0.5, 0.6) is 0 Å². The van der Waals surface area contributed by atoms with Crippen LogP contribution in [0.25, 0.3) is 0 Å². The lowest BCUT2D eigenvalue weighted by Gasteiger charge is -2.19. The number of carbonyl (C=O) groups excluding carboxylic acids is 1. The largest absolute Gasteiger partial charge is 0.480 e. The van der Waals surface area contributed by atoms with Crippen LogP contribution in [0, 0.1) is 5.92 Å². The standard InChI is InChI=1S/C26H31F2N3O3/c27-26(28)17-31(15-14-23(25(33)34)30-24(32)19-7-2-1-3-8-19)16-20(26)11-13-21-12-10-18-6-4-5-9-22(18)29-21/h1-3,7-8,10,12,20,23H,4-6,9,11,13-17H2,(H,30,32)(H,33,34)/t20?,23-/m0/s1. The molecule has 182 valence electrons. The van der Waals surface area contributed by atoms with Crippen molar-refractivity contribution in [2.45, 2.75) is 56.9 Å². The topological polar surface area (TPSA) is 82.5 Å². The lowest BCUT2D eigenvalue weighted by atomic mass is 9.94.